The predicted octanol–water partition coefficient (Wildman–Crippen LogP) is 1.51. The van der Waals surface area contributed by atoms with Crippen LogP contribution < -0.4 is 0 Å². The van der Waals surface area contributed by atoms with Gasteiger partial charge in [0.05, 0.1) is 5.92 Å². The highest BCUT2D eigenvalue weighted by molar-refractivity contribution is 5.79. The molecule has 1 aromatic heterocycles. The zero-order valence-electron chi connectivity index (χ0n) is 11.0. The number of rotatable bonds is 4. The number of aliphatic carboxylic acids is 1. The van der Waals surface area contributed by atoms with E-state index in [0.717, 1.165) is 5.56 Å². The van der Waals surface area contributed by atoms with E-state index in [0.29, 0.717) is 25.9 Å². The molecule has 0 aromatic carbocycles. The number of pyridine rings is 1. The number of amides is 1. The lowest BCUT2D eigenvalue weighted by Crippen LogP contribution is -2.30. The van der Waals surface area contributed by atoms with Crippen LogP contribution in [0.15, 0.2) is 24.5 Å². The zero-order chi connectivity index (χ0) is 13.8. The molecule has 1 N–H and O–H groups in total. The highest BCUT2D eigenvalue weighted by Crippen LogP contribution is 2.22. The molecule has 2 atom stereocenters. The van der Waals surface area contributed by atoms with Gasteiger partial charge < -0.3 is 10.0 Å². The first kappa shape index (κ1) is 13.5. The van der Waals surface area contributed by atoms with Crippen LogP contribution in [0.2, 0.25) is 0 Å². The average Bonchev–Trinajstić information content (AvgIpc) is 2.89. The normalized spacial score (nSPS) is 20.3. The number of likely N-dealkylation sites (tertiary alicyclic amines) is 1. The maximum atomic E-state index is 12.1. The molecule has 2 rings (SSSR count). The Bertz CT molecular complexity index is 461. The number of carboxylic acid groups (broad SMARTS) is 1. The van der Waals surface area contributed by atoms with Crippen molar-refractivity contribution in [3.8, 4) is 0 Å². The van der Waals surface area contributed by atoms with Crippen LogP contribution in [0.5, 0.6) is 0 Å². The topological polar surface area (TPSA) is 70.5 Å². The molecule has 1 fully saturated rings. The third kappa shape index (κ3) is 3.30. The van der Waals surface area contributed by atoms with E-state index >= 15 is 0 Å². The van der Waals surface area contributed by atoms with E-state index in [-0.39, 0.29) is 11.8 Å². The molecule has 0 spiro atoms. The summed E-state index contributed by atoms with van der Waals surface area (Å²) in [7, 11) is 0. The summed E-state index contributed by atoms with van der Waals surface area (Å²) in [6.07, 6.45) is 4.40. The van der Waals surface area contributed by atoms with Gasteiger partial charge in [-0.15, -0.1) is 0 Å². The highest BCUT2D eigenvalue weighted by Gasteiger charge is 2.31. The van der Waals surface area contributed by atoms with Crippen molar-refractivity contribution in [2.45, 2.75) is 25.7 Å². The van der Waals surface area contributed by atoms with Gasteiger partial charge in [0.25, 0.3) is 0 Å². The number of carbonyl (C=O) groups is 2. The molecule has 102 valence electrons. The van der Waals surface area contributed by atoms with Crippen molar-refractivity contribution in [2.75, 3.05) is 13.1 Å². The molecule has 5 nitrogen and oxygen atoms in total. The molecule has 0 bridgehead atoms. The first-order valence-corrected chi connectivity index (χ1v) is 6.48. The Morgan fingerprint density at radius 3 is 2.74 bits per heavy atom. The Morgan fingerprint density at radius 1 is 1.47 bits per heavy atom. The van der Waals surface area contributed by atoms with E-state index in [1.807, 2.05) is 19.1 Å². The molecule has 5 heteroatoms. The molecule has 0 unspecified atom stereocenters. The van der Waals surface area contributed by atoms with Crippen molar-refractivity contribution < 1.29 is 14.7 Å². The molecule has 1 aliphatic heterocycles. The number of hydrogen-bond donors (Lipinski definition) is 1. The van der Waals surface area contributed by atoms with Gasteiger partial charge in [-0.2, -0.15) is 0 Å². The smallest absolute Gasteiger partial charge is 0.308 e. The molecule has 19 heavy (non-hydrogen) atoms. The molecule has 1 amide bonds. The summed E-state index contributed by atoms with van der Waals surface area (Å²) < 4.78 is 0. The Morgan fingerprint density at radius 2 is 2.16 bits per heavy atom. The lowest BCUT2D eigenvalue weighted by atomic mass is 9.98. The number of hydrogen-bond acceptors (Lipinski definition) is 3. The summed E-state index contributed by atoms with van der Waals surface area (Å²) in [6.45, 7) is 2.90. The van der Waals surface area contributed by atoms with Crippen molar-refractivity contribution >= 4 is 11.9 Å². The minimum absolute atomic E-state index is 0.0352. The first-order valence-electron chi connectivity index (χ1n) is 6.48. The standard InChI is InChI=1S/C14H18N2O3/c1-10(11-2-5-15-6-3-11)8-13(17)16-7-4-12(9-16)14(18)19/h2-3,5-6,10,12H,4,7-9H2,1H3,(H,18,19)/t10-,12+/m0/s1. The van der Waals surface area contributed by atoms with E-state index in [1.54, 1.807) is 17.3 Å². The minimum Gasteiger partial charge on any atom is -0.481 e. The fourth-order valence-electron chi connectivity index (χ4n) is 2.39. The third-order valence-electron chi connectivity index (χ3n) is 3.65. The van der Waals surface area contributed by atoms with Crippen molar-refractivity contribution in [1.29, 1.82) is 0 Å². The second-order valence-electron chi connectivity index (χ2n) is 5.05. The summed E-state index contributed by atoms with van der Waals surface area (Å²) in [4.78, 5) is 28.6. The van der Waals surface area contributed by atoms with Crippen molar-refractivity contribution in [1.82, 2.24) is 9.88 Å². The van der Waals surface area contributed by atoms with E-state index < -0.39 is 11.9 Å². The van der Waals surface area contributed by atoms with Crippen LogP contribution in [0.25, 0.3) is 0 Å². The van der Waals surface area contributed by atoms with Gasteiger partial charge >= 0.3 is 5.97 Å². The maximum Gasteiger partial charge on any atom is 0.308 e. The molecule has 1 aromatic rings. The Balaban J connectivity index is 1.90. The van der Waals surface area contributed by atoms with Crippen molar-refractivity contribution in [2.24, 2.45) is 5.92 Å². The molecule has 0 saturated carbocycles. The monoisotopic (exact) mass is 262 g/mol. The summed E-state index contributed by atoms with van der Waals surface area (Å²) in [5, 5.41) is 8.93. The van der Waals surface area contributed by atoms with E-state index in [9.17, 15) is 9.59 Å². The van der Waals surface area contributed by atoms with Crippen LogP contribution in [0.1, 0.15) is 31.2 Å². The highest BCUT2D eigenvalue weighted by atomic mass is 16.4. The van der Waals surface area contributed by atoms with Crippen LogP contribution in [-0.2, 0) is 9.59 Å². The fourth-order valence-corrected chi connectivity index (χ4v) is 2.39. The van der Waals surface area contributed by atoms with E-state index in [2.05, 4.69) is 4.98 Å². The third-order valence-corrected chi connectivity index (χ3v) is 3.65. The van der Waals surface area contributed by atoms with Crippen LogP contribution >= 0.6 is 0 Å². The van der Waals surface area contributed by atoms with E-state index in [1.165, 1.54) is 0 Å². The van der Waals surface area contributed by atoms with Gasteiger partial charge in [0.2, 0.25) is 5.91 Å². The molecule has 1 aliphatic rings. The Kier molecular flexibility index (Phi) is 4.14. The predicted molar refractivity (Wildman–Crippen MR) is 69.6 cm³/mol. The molecule has 1 saturated heterocycles. The average molecular weight is 262 g/mol. The number of carboxylic acids is 1. The van der Waals surface area contributed by atoms with Crippen molar-refractivity contribution in [3.63, 3.8) is 0 Å². The first-order chi connectivity index (χ1) is 9.08. The second-order valence-corrected chi connectivity index (χ2v) is 5.05. The SMILES string of the molecule is C[C@@H](CC(=O)N1CC[C@@H](C(=O)O)C1)c1ccncc1. The molecule has 0 radical (unpaired) electrons. The number of carbonyl (C=O) groups excluding carboxylic acids is 1. The Hall–Kier alpha value is -1.91. The minimum atomic E-state index is -0.808. The molecule has 0 aliphatic carbocycles. The van der Waals surface area contributed by atoms with Gasteiger partial charge in [-0.25, -0.2) is 0 Å². The lowest BCUT2D eigenvalue weighted by molar-refractivity contribution is -0.141. The quantitative estimate of drug-likeness (QED) is 0.892. The van der Waals surface area contributed by atoms with Gasteiger partial charge in [0.1, 0.15) is 0 Å². The van der Waals surface area contributed by atoms with Crippen LogP contribution in [-0.4, -0.2) is 40.0 Å². The van der Waals surface area contributed by atoms with Gasteiger partial charge in [-0.1, -0.05) is 6.92 Å². The van der Waals surface area contributed by atoms with Crippen LogP contribution in [0.4, 0.5) is 0 Å². The summed E-state index contributed by atoms with van der Waals surface area (Å²) in [5.41, 5.74) is 1.08. The van der Waals surface area contributed by atoms with Gasteiger partial charge in [0, 0.05) is 31.9 Å². The summed E-state index contributed by atoms with van der Waals surface area (Å²) in [5.74, 6) is -1.05. The van der Waals surface area contributed by atoms with Crippen LogP contribution in [0.3, 0.4) is 0 Å². The molecular formula is C14H18N2O3. The summed E-state index contributed by atoms with van der Waals surface area (Å²) in [6, 6.07) is 3.81. The Labute approximate surface area is 112 Å². The fraction of sp³-hybridized carbons (Fsp3) is 0.500. The van der Waals surface area contributed by atoms with E-state index in [4.69, 9.17) is 5.11 Å². The zero-order valence-corrected chi connectivity index (χ0v) is 11.0. The molecular weight excluding hydrogens is 244 g/mol. The molecule has 2 heterocycles. The second kappa shape index (κ2) is 5.82. The van der Waals surface area contributed by atoms with Gasteiger partial charge in [-0.05, 0) is 30.0 Å². The number of aromatic nitrogens is 1. The van der Waals surface area contributed by atoms with Crippen LogP contribution in [0, 0.1) is 5.92 Å². The maximum absolute atomic E-state index is 12.1. The largest absolute Gasteiger partial charge is 0.481 e. The summed E-state index contributed by atoms with van der Waals surface area (Å²) >= 11 is 0. The van der Waals surface area contributed by atoms with Crippen molar-refractivity contribution in [3.05, 3.63) is 30.1 Å². The lowest BCUT2D eigenvalue weighted by Gasteiger charge is -2.18. The van der Waals surface area contributed by atoms with Gasteiger partial charge in [-0.3, -0.25) is 14.6 Å². The van der Waals surface area contributed by atoms with Gasteiger partial charge in [0.15, 0.2) is 0 Å². The number of nitrogens with zero attached hydrogens (tertiary/aromatic N) is 2.